The first-order valence-corrected chi connectivity index (χ1v) is 6.94. The molecule has 2 heterocycles. The van der Waals surface area contributed by atoms with Crippen molar-refractivity contribution in [2.24, 2.45) is 0 Å². The first kappa shape index (κ1) is 14.1. The van der Waals surface area contributed by atoms with Gasteiger partial charge < -0.3 is 19.0 Å². The number of pyridine rings is 1. The number of aromatic nitrogens is 1. The Bertz CT molecular complexity index is 592. The maximum absolute atomic E-state index is 11.6. The molecule has 5 nitrogen and oxygen atoms in total. The molecule has 0 saturated carbocycles. The van der Waals surface area contributed by atoms with Gasteiger partial charge >= 0.3 is 0 Å². The topological polar surface area (TPSA) is 56.4 Å². The third-order valence-electron chi connectivity index (χ3n) is 2.62. The summed E-state index contributed by atoms with van der Waals surface area (Å²) in [5, 5.41) is 3.22. The van der Waals surface area contributed by atoms with Crippen LogP contribution in [-0.4, -0.2) is 18.3 Å². The van der Waals surface area contributed by atoms with Gasteiger partial charge in [-0.1, -0.05) is 0 Å². The predicted molar refractivity (Wildman–Crippen MR) is 81.3 cm³/mol. The van der Waals surface area contributed by atoms with Crippen molar-refractivity contribution in [3.63, 3.8) is 0 Å². The van der Waals surface area contributed by atoms with Crippen molar-refractivity contribution >= 4 is 28.3 Å². The summed E-state index contributed by atoms with van der Waals surface area (Å²) in [5.74, 6) is 0.860. The molecule has 0 saturated heterocycles. The van der Waals surface area contributed by atoms with E-state index in [1.807, 2.05) is 12.1 Å². The Morgan fingerprint density at radius 2 is 2.21 bits per heavy atom. The molecular weight excluding hydrogens is 359 g/mol. The second-order valence-corrected chi connectivity index (χ2v) is 5.06. The smallest absolute Gasteiger partial charge is 0.250 e. The zero-order valence-corrected chi connectivity index (χ0v) is 12.7. The zero-order chi connectivity index (χ0) is 13.7. The van der Waals surface area contributed by atoms with Crippen molar-refractivity contribution in [3.8, 4) is 0 Å². The standard InChI is InChI=1S/C13H15IN2O3/c1-18-7-6-16-9-10(2-5-13(16)17)15-8-11-3-4-12(14)19-11/h2-5,9,15H,6-8H2,1H3. The lowest BCUT2D eigenvalue weighted by molar-refractivity contribution is 0.186. The summed E-state index contributed by atoms with van der Waals surface area (Å²) < 4.78 is 12.9. The van der Waals surface area contributed by atoms with Crippen LogP contribution in [0, 0.1) is 3.77 Å². The maximum atomic E-state index is 11.6. The summed E-state index contributed by atoms with van der Waals surface area (Å²) in [6, 6.07) is 7.15. The third kappa shape index (κ3) is 4.10. The van der Waals surface area contributed by atoms with Crippen LogP contribution in [0.2, 0.25) is 0 Å². The minimum absolute atomic E-state index is 0.0323. The molecule has 0 aliphatic heterocycles. The molecule has 0 unspecified atom stereocenters. The van der Waals surface area contributed by atoms with E-state index in [0.29, 0.717) is 19.7 Å². The van der Waals surface area contributed by atoms with Crippen molar-refractivity contribution in [3.05, 3.63) is 50.3 Å². The molecule has 0 aliphatic rings. The summed E-state index contributed by atoms with van der Waals surface area (Å²) in [6.45, 7) is 1.65. The number of rotatable bonds is 6. The summed E-state index contributed by atoms with van der Waals surface area (Å²) in [5.41, 5.74) is 0.845. The molecule has 102 valence electrons. The molecule has 2 aromatic heterocycles. The highest BCUT2D eigenvalue weighted by Crippen LogP contribution is 2.12. The van der Waals surface area contributed by atoms with Crippen LogP contribution >= 0.6 is 22.6 Å². The highest BCUT2D eigenvalue weighted by atomic mass is 127. The Morgan fingerprint density at radius 3 is 2.89 bits per heavy atom. The molecule has 0 amide bonds. The Kier molecular flexibility index (Phi) is 5.03. The van der Waals surface area contributed by atoms with E-state index in [9.17, 15) is 4.79 Å². The lowest BCUT2D eigenvalue weighted by Crippen LogP contribution is -2.21. The minimum atomic E-state index is -0.0323. The summed E-state index contributed by atoms with van der Waals surface area (Å²) >= 11 is 2.13. The van der Waals surface area contributed by atoms with E-state index in [2.05, 4.69) is 27.9 Å². The molecule has 1 N–H and O–H groups in total. The molecule has 2 aromatic rings. The zero-order valence-electron chi connectivity index (χ0n) is 10.6. The molecule has 2 rings (SSSR count). The fourth-order valence-electron chi connectivity index (χ4n) is 1.64. The highest BCUT2D eigenvalue weighted by Gasteiger charge is 2.01. The normalized spacial score (nSPS) is 10.6. The lowest BCUT2D eigenvalue weighted by Gasteiger charge is -2.09. The van der Waals surface area contributed by atoms with Gasteiger partial charge in [0.25, 0.3) is 5.56 Å². The monoisotopic (exact) mass is 374 g/mol. The van der Waals surface area contributed by atoms with Gasteiger partial charge in [0.15, 0.2) is 3.77 Å². The summed E-state index contributed by atoms with van der Waals surface area (Å²) in [6.07, 6.45) is 1.79. The van der Waals surface area contributed by atoms with Gasteiger partial charge in [-0.25, -0.2) is 0 Å². The Labute approximate surface area is 124 Å². The molecule has 0 radical (unpaired) electrons. The van der Waals surface area contributed by atoms with Crippen molar-refractivity contribution in [1.82, 2.24) is 4.57 Å². The number of anilines is 1. The SMILES string of the molecule is COCCn1cc(NCc2ccc(I)o2)ccc1=O. The number of ether oxygens (including phenoxy) is 1. The van der Waals surface area contributed by atoms with Crippen molar-refractivity contribution in [2.75, 3.05) is 19.0 Å². The van der Waals surface area contributed by atoms with E-state index in [1.165, 1.54) is 0 Å². The Morgan fingerprint density at radius 1 is 1.37 bits per heavy atom. The third-order valence-corrected chi connectivity index (χ3v) is 3.20. The Balaban J connectivity index is 2.02. The maximum Gasteiger partial charge on any atom is 0.250 e. The lowest BCUT2D eigenvalue weighted by atomic mass is 10.3. The highest BCUT2D eigenvalue weighted by molar-refractivity contribution is 14.1. The number of hydrogen-bond donors (Lipinski definition) is 1. The van der Waals surface area contributed by atoms with Gasteiger partial charge in [-0.05, 0) is 40.8 Å². The average Bonchev–Trinajstić information content (AvgIpc) is 2.82. The minimum Gasteiger partial charge on any atom is -0.454 e. The van der Waals surface area contributed by atoms with E-state index in [0.717, 1.165) is 15.2 Å². The second kappa shape index (κ2) is 6.76. The molecule has 19 heavy (non-hydrogen) atoms. The van der Waals surface area contributed by atoms with Gasteiger partial charge in [-0.2, -0.15) is 0 Å². The van der Waals surface area contributed by atoms with Gasteiger partial charge in [-0.3, -0.25) is 4.79 Å². The van der Waals surface area contributed by atoms with Crippen LogP contribution in [0.3, 0.4) is 0 Å². The molecule has 6 heteroatoms. The molecule has 0 bridgehead atoms. The van der Waals surface area contributed by atoms with E-state index in [1.54, 1.807) is 30.0 Å². The van der Waals surface area contributed by atoms with Crippen LogP contribution in [0.25, 0.3) is 0 Å². The fourth-order valence-corrected chi connectivity index (χ4v) is 2.10. The second-order valence-electron chi connectivity index (χ2n) is 4.00. The molecule has 0 aromatic carbocycles. The number of halogens is 1. The summed E-state index contributed by atoms with van der Waals surface area (Å²) in [7, 11) is 1.62. The van der Waals surface area contributed by atoms with Gasteiger partial charge in [0.05, 0.1) is 18.8 Å². The van der Waals surface area contributed by atoms with Crippen LogP contribution in [0.4, 0.5) is 5.69 Å². The quantitative estimate of drug-likeness (QED) is 0.789. The van der Waals surface area contributed by atoms with Gasteiger partial charge in [0, 0.05) is 25.9 Å². The first-order chi connectivity index (χ1) is 9.19. The number of methoxy groups -OCH3 is 1. The van der Waals surface area contributed by atoms with Crippen LogP contribution in [-0.2, 0) is 17.8 Å². The van der Waals surface area contributed by atoms with Gasteiger partial charge in [0.1, 0.15) is 5.76 Å². The largest absolute Gasteiger partial charge is 0.454 e. The van der Waals surface area contributed by atoms with E-state index >= 15 is 0 Å². The molecule has 0 aliphatic carbocycles. The van der Waals surface area contributed by atoms with Crippen LogP contribution < -0.4 is 10.9 Å². The number of nitrogens with one attached hydrogen (secondary N) is 1. The molecule has 0 fully saturated rings. The molecule has 0 atom stereocenters. The van der Waals surface area contributed by atoms with E-state index < -0.39 is 0 Å². The average molecular weight is 374 g/mol. The first-order valence-electron chi connectivity index (χ1n) is 5.86. The number of hydrogen-bond acceptors (Lipinski definition) is 4. The van der Waals surface area contributed by atoms with E-state index in [4.69, 9.17) is 9.15 Å². The van der Waals surface area contributed by atoms with Crippen molar-refractivity contribution < 1.29 is 9.15 Å². The van der Waals surface area contributed by atoms with Gasteiger partial charge in [0.2, 0.25) is 0 Å². The predicted octanol–water partition coefficient (Wildman–Crippen LogP) is 2.30. The fraction of sp³-hybridized carbons (Fsp3) is 0.308. The van der Waals surface area contributed by atoms with Gasteiger partial charge in [-0.15, -0.1) is 0 Å². The molecule has 0 spiro atoms. The van der Waals surface area contributed by atoms with Crippen LogP contribution in [0.5, 0.6) is 0 Å². The van der Waals surface area contributed by atoms with Crippen LogP contribution in [0.1, 0.15) is 5.76 Å². The summed E-state index contributed by atoms with van der Waals surface area (Å²) in [4.78, 5) is 11.6. The van der Waals surface area contributed by atoms with Crippen molar-refractivity contribution in [2.45, 2.75) is 13.1 Å². The number of furan rings is 1. The molecular formula is C13H15IN2O3. The number of nitrogens with zero attached hydrogens (tertiary/aromatic N) is 1. The van der Waals surface area contributed by atoms with Crippen molar-refractivity contribution in [1.29, 1.82) is 0 Å². The Hall–Kier alpha value is -1.28. The van der Waals surface area contributed by atoms with E-state index in [-0.39, 0.29) is 5.56 Å². The van der Waals surface area contributed by atoms with Crippen LogP contribution in [0.15, 0.2) is 39.7 Å².